The Morgan fingerprint density at radius 2 is 2.09 bits per heavy atom. The number of nitrogens with zero attached hydrogens (tertiary/aromatic N) is 1. The maximum absolute atomic E-state index is 13.0. The van der Waals surface area contributed by atoms with Crippen LogP contribution in [0.1, 0.15) is 68.2 Å². The molecule has 2 aromatic carbocycles. The maximum atomic E-state index is 13.0. The SMILES string of the molecule is C#CC(=O)N1[C@@H](CCCC)Cc2cc(OC)ccc2[C@@H]1c1ccc(NC2CCC2)c(Cl)c1. The molecule has 2 aliphatic rings. The first kappa shape index (κ1) is 22.6. The number of carbonyl (C=O) groups is 1. The number of unbranched alkanes of at least 4 members (excludes halogenated alkanes) is 1. The molecular weight excluding hydrogens is 420 g/mol. The van der Waals surface area contributed by atoms with Gasteiger partial charge in [0.2, 0.25) is 0 Å². The first-order valence-corrected chi connectivity index (χ1v) is 11.9. The van der Waals surface area contributed by atoms with Gasteiger partial charge in [-0.3, -0.25) is 4.79 Å². The monoisotopic (exact) mass is 450 g/mol. The summed E-state index contributed by atoms with van der Waals surface area (Å²) in [6.07, 6.45) is 13.0. The average molecular weight is 451 g/mol. The Bertz CT molecular complexity index is 1020. The molecule has 0 aromatic heterocycles. The largest absolute Gasteiger partial charge is 0.497 e. The van der Waals surface area contributed by atoms with E-state index in [-0.39, 0.29) is 18.0 Å². The Hall–Kier alpha value is -2.64. The van der Waals surface area contributed by atoms with E-state index in [1.807, 2.05) is 23.1 Å². The molecule has 0 radical (unpaired) electrons. The van der Waals surface area contributed by atoms with Crippen LogP contribution in [0.3, 0.4) is 0 Å². The molecule has 2 aromatic rings. The number of halogens is 1. The molecule has 32 heavy (non-hydrogen) atoms. The fraction of sp³-hybridized carbons (Fsp3) is 0.444. The number of rotatable bonds is 7. The molecular formula is C27H31ClN2O2. The van der Waals surface area contributed by atoms with E-state index in [0.717, 1.165) is 48.2 Å². The molecule has 0 bridgehead atoms. The van der Waals surface area contributed by atoms with E-state index < -0.39 is 0 Å². The number of benzene rings is 2. The second-order valence-corrected chi connectivity index (χ2v) is 9.24. The topological polar surface area (TPSA) is 41.6 Å². The van der Waals surface area contributed by atoms with Gasteiger partial charge < -0.3 is 15.0 Å². The summed E-state index contributed by atoms with van der Waals surface area (Å²) in [4.78, 5) is 14.9. The summed E-state index contributed by atoms with van der Waals surface area (Å²) >= 11 is 6.70. The van der Waals surface area contributed by atoms with Crippen molar-refractivity contribution in [1.29, 1.82) is 0 Å². The van der Waals surface area contributed by atoms with Crippen molar-refractivity contribution in [2.24, 2.45) is 0 Å². The smallest absolute Gasteiger partial charge is 0.299 e. The zero-order valence-electron chi connectivity index (χ0n) is 18.9. The Balaban J connectivity index is 1.77. The summed E-state index contributed by atoms with van der Waals surface area (Å²) in [7, 11) is 1.68. The van der Waals surface area contributed by atoms with Gasteiger partial charge in [-0.15, -0.1) is 6.42 Å². The van der Waals surface area contributed by atoms with Crippen molar-refractivity contribution < 1.29 is 9.53 Å². The second-order valence-electron chi connectivity index (χ2n) is 8.84. The van der Waals surface area contributed by atoms with Gasteiger partial charge in [-0.2, -0.15) is 0 Å². The van der Waals surface area contributed by atoms with Crippen LogP contribution in [0.4, 0.5) is 5.69 Å². The van der Waals surface area contributed by atoms with E-state index in [9.17, 15) is 4.79 Å². The summed E-state index contributed by atoms with van der Waals surface area (Å²) in [5.41, 5.74) is 4.20. The van der Waals surface area contributed by atoms with Gasteiger partial charge in [-0.1, -0.05) is 43.5 Å². The number of hydrogen-bond acceptors (Lipinski definition) is 3. The van der Waals surface area contributed by atoms with Gasteiger partial charge in [0.05, 0.1) is 23.9 Å². The molecule has 0 spiro atoms. The van der Waals surface area contributed by atoms with Gasteiger partial charge in [-0.05, 0) is 79.0 Å². The van der Waals surface area contributed by atoms with Crippen molar-refractivity contribution in [3.63, 3.8) is 0 Å². The van der Waals surface area contributed by atoms with Crippen molar-refractivity contribution in [2.45, 2.75) is 70.0 Å². The Morgan fingerprint density at radius 1 is 1.28 bits per heavy atom. The van der Waals surface area contributed by atoms with Crippen LogP contribution in [-0.4, -0.2) is 30.0 Å². The number of methoxy groups -OCH3 is 1. The van der Waals surface area contributed by atoms with E-state index in [1.54, 1.807) is 7.11 Å². The molecule has 1 heterocycles. The highest BCUT2D eigenvalue weighted by Crippen LogP contribution is 2.42. The van der Waals surface area contributed by atoms with E-state index in [4.69, 9.17) is 22.8 Å². The fourth-order valence-corrected chi connectivity index (χ4v) is 5.08. The third-order valence-electron chi connectivity index (χ3n) is 6.79. The zero-order valence-corrected chi connectivity index (χ0v) is 19.6. The number of hydrogen-bond donors (Lipinski definition) is 1. The number of ether oxygens (including phenoxy) is 1. The molecule has 4 rings (SSSR count). The molecule has 4 nitrogen and oxygen atoms in total. The van der Waals surface area contributed by atoms with Gasteiger partial charge >= 0.3 is 0 Å². The lowest BCUT2D eigenvalue weighted by molar-refractivity contribution is -0.130. The first-order chi connectivity index (χ1) is 15.5. The molecule has 5 heteroatoms. The summed E-state index contributed by atoms with van der Waals surface area (Å²) < 4.78 is 5.48. The van der Waals surface area contributed by atoms with Gasteiger partial charge in [0.15, 0.2) is 0 Å². The standard InChI is InChI=1S/C27H31ClN2O2/c1-4-6-10-21-15-19-16-22(32-3)12-13-23(19)27(30(21)26(31)5-2)18-11-14-25(24(28)17-18)29-20-8-7-9-20/h2,11-14,16-17,20-21,27,29H,4,6-10,15H2,1,3H3/t21-,27-/m0/s1. The predicted molar refractivity (Wildman–Crippen MR) is 130 cm³/mol. The lowest BCUT2D eigenvalue weighted by Gasteiger charge is -2.43. The molecule has 1 N–H and O–H groups in total. The van der Waals surface area contributed by atoms with Crippen LogP contribution in [0, 0.1) is 12.3 Å². The Kier molecular flexibility index (Phi) is 6.96. The minimum Gasteiger partial charge on any atom is -0.497 e. The zero-order chi connectivity index (χ0) is 22.7. The number of nitrogens with one attached hydrogen (secondary N) is 1. The Morgan fingerprint density at radius 3 is 2.72 bits per heavy atom. The summed E-state index contributed by atoms with van der Waals surface area (Å²) in [5.74, 6) is 2.93. The van der Waals surface area contributed by atoms with E-state index >= 15 is 0 Å². The van der Waals surface area contributed by atoms with E-state index in [2.05, 4.69) is 36.4 Å². The fourth-order valence-electron chi connectivity index (χ4n) is 4.84. The number of amides is 1. The second kappa shape index (κ2) is 9.88. The van der Waals surface area contributed by atoms with Gasteiger partial charge in [0, 0.05) is 12.1 Å². The summed E-state index contributed by atoms with van der Waals surface area (Å²) in [6, 6.07) is 12.5. The molecule has 0 unspecified atom stereocenters. The van der Waals surface area contributed by atoms with Crippen LogP contribution in [0.15, 0.2) is 36.4 Å². The van der Waals surface area contributed by atoms with Crippen molar-refractivity contribution in [3.8, 4) is 18.1 Å². The molecule has 1 aliphatic carbocycles. The van der Waals surface area contributed by atoms with E-state index in [1.165, 1.54) is 24.8 Å². The van der Waals surface area contributed by atoms with Crippen LogP contribution in [-0.2, 0) is 11.2 Å². The Labute approximate surface area is 196 Å². The first-order valence-electron chi connectivity index (χ1n) is 11.6. The molecule has 2 atom stereocenters. The highest BCUT2D eigenvalue weighted by Gasteiger charge is 2.38. The van der Waals surface area contributed by atoms with Crippen molar-refractivity contribution >= 4 is 23.2 Å². The molecule has 1 amide bonds. The van der Waals surface area contributed by atoms with Gasteiger partial charge in [-0.25, -0.2) is 0 Å². The third kappa shape index (κ3) is 4.45. The van der Waals surface area contributed by atoms with Crippen LogP contribution in [0.25, 0.3) is 0 Å². The van der Waals surface area contributed by atoms with Crippen LogP contribution < -0.4 is 10.1 Å². The van der Waals surface area contributed by atoms with Crippen molar-refractivity contribution in [3.05, 3.63) is 58.1 Å². The van der Waals surface area contributed by atoms with Crippen LogP contribution >= 0.6 is 11.6 Å². The summed E-state index contributed by atoms with van der Waals surface area (Å²) in [6.45, 7) is 2.16. The lowest BCUT2D eigenvalue weighted by atomic mass is 9.83. The lowest BCUT2D eigenvalue weighted by Crippen LogP contribution is -2.47. The minimum atomic E-state index is -0.273. The van der Waals surface area contributed by atoms with Crippen molar-refractivity contribution in [2.75, 3.05) is 12.4 Å². The van der Waals surface area contributed by atoms with E-state index in [0.29, 0.717) is 11.1 Å². The number of anilines is 1. The predicted octanol–water partition coefficient (Wildman–Crippen LogP) is 5.98. The van der Waals surface area contributed by atoms with Crippen LogP contribution in [0.2, 0.25) is 5.02 Å². The number of terminal acetylenes is 1. The molecule has 0 saturated heterocycles. The number of fused-ring (bicyclic) bond motifs is 1. The maximum Gasteiger partial charge on any atom is 0.299 e. The average Bonchev–Trinajstić information content (AvgIpc) is 2.78. The quantitative estimate of drug-likeness (QED) is 0.527. The molecule has 1 saturated carbocycles. The highest BCUT2D eigenvalue weighted by atomic mass is 35.5. The third-order valence-corrected chi connectivity index (χ3v) is 7.11. The van der Waals surface area contributed by atoms with Gasteiger partial charge in [0.1, 0.15) is 5.75 Å². The normalized spacial score (nSPS) is 20.1. The minimum absolute atomic E-state index is 0.0367. The molecule has 168 valence electrons. The van der Waals surface area contributed by atoms with Crippen molar-refractivity contribution in [1.82, 2.24) is 4.90 Å². The number of carbonyl (C=O) groups excluding carboxylic acids is 1. The molecule has 1 aliphatic heterocycles. The molecule has 1 fully saturated rings. The van der Waals surface area contributed by atoms with Crippen LogP contribution in [0.5, 0.6) is 5.75 Å². The highest BCUT2D eigenvalue weighted by molar-refractivity contribution is 6.33. The van der Waals surface area contributed by atoms with Gasteiger partial charge in [0.25, 0.3) is 5.91 Å². The summed E-state index contributed by atoms with van der Waals surface area (Å²) in [5, 5.41) is 4.21.